The number of imidazole rings is 1. The van der Waals surface area contributed by atoms with Crippen LogP contribution in [0.5, 0.6) is 0 Å². The highest BCUT2D eigenvalue weighted by molar-refractivity contribution is 7.15. The van der Waals surface area contributed by atoms with E-state index in [4.69, 9.17) is 0 Å². The van der Waals surface area contributed by atoms with E-state index in [9.17, 15) is 0 Å². The molecule has 0 saturated heterocycles. The Kier molecular flexibility index (Phi) is 2.26. The number of hydrogen-bond donors (Lipinski definition) is 0. The maximum Gasteiger partial charge on any atom is 0.137 e. The Balaban J connectivity index is 2.25. The minimum absolute atomic E-state index is 0.991. The molecule has 0 fully saturated rings. The highest BCUT2D eigenvalue weighted by Crippen LogP contribution is 2.29. The zero-order valence-electron chi connectivity index (χ0n) is 10.1. The van der Waals surface area contributed by atoms with Crippen molar-refractivity contribution in [2.45, 2.75) is 20.8 Å². The largest absolute Gasteiger partial charge is 0.304 e. The number of nitrogens with zero attached hydrogens (tertiary/aromatic N) is 3. The van der Waals surface area contributed by atoms with Crippen LogP contribution in [-0.4, -0.2) is 14.4 Å². The molecule has 0 unspecified atom stereocenters. The molecule has 0 saturated carbocycles. The lowest BCUT2D eigenvalue weighted by Gasteiger charge is -1.95. The van der Waals surface area contributed by atoms with Crippen molar-refractivity contribution in [3.63, 3.8) is 0 Å². The molecule has 3 aromatic heterocycles. The van der Waals surface area contributed by atoms with Crippen molar-refractivity contribution in [3.8, 4) is 10.6 Å². The van der Waals surface area contributed by atoms with Gasteiger partial charge in [0, 0.05) is 11.9 Å². The van der Waals surface area contributed by atoms with Crippen LogP contribution < -0.4 is 0 Å². The van der Waals surface area contributed by atoms with E-state index in [0.717, 1.165) is 22.0 Å². The van der Waals surface area contributed by atoms with Crippen LogP contribution in [0.1, 0.15) is 16.4 Å². The molecule has 3 heterocycles. The van der Waals surface area contributed by atoms with Crippen LogP contribution in [0.25, 0.3) is 16.2 Å². The van der Waals surface area contributed by atoms with E-state index in [0.29, 0.717) is 0 Å². The van der Waals surface area contributed by atoms with Gasteiger partial charge >= 0.3 is 0 Å². The van der Waals surface area contributed by atoms with Crippen LogP contribution >= 0.6 is 11.3 Å². The lowest BCUT2D eigenvalue weighted by atomic mass is 10.3. The Morgan fingerprint density at radius 1 is 1.12 bits per heavy atom. The fourth-order valence-corrected chi connectivity index (χ4v) is 2.90. The first-order valence-corrected chi connectivity index (χ1v) is 6.36. The topological polar surface area (TPSA) is 30.2 Å². The summed E-state index contributed by atoms with van der Waals surface area (Å²) in [5.74, 6) is 0. The molecule has 4 heteroatoms. The summed E-state index contributed by atoms with van der Waals surface area (Å²) in [4.78, 5) is 10.3. The molecule has 3 nitrogen and oxygen atoms in total. The van der Waals surface area contributed by atoms with Gasteiger partial charge in [-0.3, -0.25) is 0 Å². The Morgan fingerprint density at radius 3 is 2.59 bits per heavy atom. The van der Waals surface area contributed by atoms with Crippen LogP contribution in [-0.2, 0) is 0 Å². The second-order valence-corrected chi connectivity index (χ2v) is 5.37. The number of thiazole rings is 1. The molecule has 0 aliphatic carbocycles. The molecule has 0 spiro atoms. The molecule has 0 amide bonds. The molecule has 0 aromatic carbocycles. The standard InChI is InChI=1S/C13H13N3S/c1-8-5-4-6-12-15-11(7-16(8)12)13-9(2)14-10(3)17-13/h4-7H,1-3H3. The molecule has 0 radical (unpaired) electrons. The quantitative estimate of drug-likeness (QED) is 0.656. The SMILES string of the molecule is Cc1nc(C)c(-c2cn3c(C)cccc3n2)s1. The maximum atomic E-state index is 4.65. The number of pyridine rings is 1. The summed E-state index contributed by atoms with van der Waals surface area (Å²) < 4.78 is 2.11. The van der Waals surface area contributed by atoms with Gasteiger partial charge in [-0.15, -0.1) is 11.3 Å². The second kappa shape index (κ2) is 3.67. The summed E-state index contributed by atoms with van der Waals surface area (Å²) in [6.45, 7) is 6.15. The van der Waals surface area contributed by atoms with E-state index < -0.39 is 0 Å². The highest BCUT2D eigenvalue weighted by Gasteiger charge is 2.11. The van der Waals surface area contributed by atoms with Gasteiger partial charge in [0.05, 0.1) is 15.6 Å². The van der Waals surface area contributed by atoms with Crippen LogP contribution in [0.4, 0.5) is 0 Å². The third-order valence-corrected chi connectivity index (χ3v) is 3.93. The summed E-state index contributed by atoms with van der Waals surface area (Å²) in [7, 11) is 0. The van der Waals surface area contributed by atoms with E-state index in [1.807, 2.05) is 26.0 Å². The molecular weight excluding hydrogens is 230 g/mol. The van der Waals surface area contributed by atoms with E-state index in [-0.39, 0.29) is 0 Å². The van der Waals surface area contributed by atoms with Gasteiger partial charge in [0.25, 0.3) is 0 Å². The van der Waals surface area contributed by atoms with Crippen LogP contribution in [0.3, 0.4) is 0 Å². The zero-order valence-corrected chi connectivity index (χ0v) is 10.9. The average molecular weight is 243 g/mol. The predicted molar refractivity (Wildman–Crippen MR) is 70.5 cm³/mol. The number of hydrogen-bond acceptors (Lipinski definition) is 3. The van der Waals surface area contributed by atoms with Crippen molar-refractivity contribution in [1.82, 2.24) is 14.4 Å². The van der Waals surface area contributed by atoms with Gasteiger partial charge in [0.1, 0.15) is 11.3 Å². The molecule has 3 aromatic rings. The Morgan fingerprint density at radius 2 is 1.94 bits per heavy atom. The zero-order chi connectivity index (χ0) is 12.0. The van der Waals surface area contributed by atoms with Gasteiger partial charge in [-0.1, -0.05) is 6.07 Å². The van der Waals surface area contributed by atoms with E-state index in [1.165, 1.54) is 10.6 Å². The molecule has 0 N–H and O–H groups in total. The molecule has 3 rings (SSSR count). The van der Waals surface area contributed by atoms with Crippen molar-refractivity contribution < 1.29 is 0 Å². The number of aryl methyl sites for hydroxylation is 3. The number of rotatable bonds is 1. The molecule has 0 aliphatic rings. The van der Waals surface area contributed by atoms with Crippen molar-refractivity contribution in [1.29, 1.82) is 0 Å². The van der Waals surface area contributed by atoms with Crippen LogP contribution in [0.15, 0.2) is 24.4 Å². The third-order valence-electron chi connectivity index (χ3n) is 2.83. The minimum atomic E-state index is 0.991. The summed E-state index contributed by atoms with van der Waals surface area (Å²) in [6.07, 6.45) is 2.09. The first kappa shape index (κ1) is 10.5. The Bertz CT molecular complexity index is 694. The maximum absolute atomic E-state index is 4.65. The molecular formula is C13H13N3S. The monoisotopic (exact) mass is 243 g/mol. The van der Waals surface area contributed by atoms with Crippen molar-refractivity contribution in [2.24, 2.45) is 0 Å². The van der Waals surface area contributed by atoms with Crippen LogP contribution in [0.2, 0.25) is 0 Å². The Hall–Kier alpha value is -1.68. The fourth-order valence-electron chi connectivity index (χ4n) is 2.03. The molecule has 0 bridgehead atoms. The predicted octanol–water partition coefficient (Wildman–Crippen LogP) is 3.38. The minimum Gasteiger partial charge on any atom is -0.304 e. The first-order chi connectivity index (χ1) is 8.15. The molecule has 86 valence electrons. The van der Waals surface area contributed by atoms with Gasteiger partial charge in [0.2, 0.25) is 0 Å². The fraction of sp³-hybridized carbons (Fsp3) is 0.231. The molecule has 0 aliphatic heterocycles. The van der Waals surface area contributed by atoms with E-state index in [1.54, 1.807) is 11.3 Å². The van der Waals surface area contributed by atoms with Gasteiger partial charge < -0.3 is 4.40 Å². The summed E-state index contributed by atoms with van der Waals surface area (Å²) in [6, 6.07) is 6.15. The van der Waals surface area contributed by atoms with E-state index >= 15 is 0 Å². The van der Waals surface area contributed by atoms with Crippen molar-refractivity contribution >= 4 is 17.0 Å². The lowest BCUT2D eigenvalue weighted by molar-refractivity contribution is 1.09. The van der Waals surface area contributed by atoms with E-state index in [2.05, 4.69) is 33.6 Å². The van der Waals surface area contributed by atoms with Gasteiger partial charge in [-0.25, -0.2) is 9.97 Å². The van der Waals surface area contributed by atoms with Crippen LogP contribution in [0, 0.1) is 20.8 Å². The molecule has 0 atom stereocenters. The normalized spacial score (nSPS) is 11.2. The van der Waals surface area contributed by atoms with Gasteiger partial charge in [-0.05, 0) is 32.9 Å². The summed E-state index contributed by atoms with van der Waals surface area (Å²) in [5.41, 5.74) is 4.27. The average Bonchev–Trinajstić information content (AvgIpc) is 2.82. The first-order valence-electron chi connectivity index (χ1n) is 5.54. The summed E-state index contributed by atoms with van der Waals surface area (Å²) >= 11 is 1.70. The smallest absolute Gasteiger partial charge is 0.137 e. The Labute approximate surface area is 104 Å². The number of aromatic nitrogens is 3. The second-order valence-electron chi connectivity index (χ2n) is 4.17. The lowest BCUT2D eigenvalue weighted by Crippen LogP contribution is -1.86. The van der Waals surface area contributed by atoms with Crippen molar-refractivity contribution in [3.05, 3.63) is 40.8 Å². The summed E-state index contributed by atoms with van der Waals surface area (Å²) in [5, 5.41) is 1.09. The van der Waals surface area contributed by atoms with Crippen molar-refractivity contribution in [2.75, 3.05) is 0 Å². The third kappa shape index (κ3) is 1.65. The highest BCUT2D eigenvalue weighted by atomic mass is 32.1. The number of fused-ring (bicyclic) bond motifs is 1. The molecule has 17 heavy (non-hydrogen) atoms. The van der Waals surface area contributed by atoms with Gasteiger partial charge in [-0.2, -0.15) is 0 Å². The van der Waals surface area contributed by atoms with Gasteiger partial charge in [0.15, 0.2) is 0 Å².